The van der Waals surface area contributed by atoms with E-state index in [2.05, 4.69) is 10.3 Å². The minimum atomic E-state index is -0.0322. The summed E-state index contributed by atoms with van der Waals surface area (Å²) in [4.78, 5) is 15.1. The highest BCUT2D eigenvalue weighted by Crippen LogP contribution is 2.03. The van der Waals surface area contributed by atoms with Crippen LogP contribution < -0.4 is 5.32 Å². The Balaban J connectivity index is 2.44. The predicted octanol–water partition coefficient (Wildman–Crippen LogP) is 1.19. The van der Waals surface area contributed by atoms with Gasteiger partial charge in [0.1, 0.15) is 5.78 Å². The Labute approximate surface area is 84.6 Å². The molecule has 1 heterocycles. The van der Waals surface area contributed by atoms with Crippen LogP contribution in [0.4, 0.5) is 0 Å². The molecule has 0 spiro atoms. The van der Waals surface area contributed by atoms with Crippen LogP contribution in [0.5, 0.6) is 0 Å². The smallest absolute Gasteiger partial charge is 0.146 e. The van der Waals surface area contributed by atoms with Gasteiger partial charge in [0.2, 0.25) is 0 Å². The number of likely N-dealkylation sites (N-methyl/N-ethyl adjacent to an activating group) is 1. The van der Waals surface area contributed by atoms with Gasteiger partial charge in [-0.3, -0.25) is 9.78 Å². The molecule has 0 aromatic carbocycles. The van der Waals surface area contributed by atoms with E-state index in [0.29, 0.717) is 0 Å². The zero-order chi connectivity index (χ0) is 10.4. The van der Waals surface area contributed by atoms with Gasteiger partial charge in [0.25, 0.3) is 0 Å². The number of Topliss-reactive ketones (excluding diaryl/α,β-unsaturated/α-hetero) is 1. The molecule has 0 amide bonds. The van der Waals surface area contributed by atoms with Gasteiger partial charge in [-0.25, -0.2) is 0 Å². The Bertz CT molecular complexity index is 285. The average molecular weight is 192 g/mol. The Morgan fingerprint density at radius 3 is 2.93 bits per heavy atom. The number of nitrogens with zero attached hydrogens (tertiary/aromatic N) is 1. The van der Waals surface area contributed by atoms with Gasteiger partial charge in [-0.15, -0.1) is 0 Å². The summed E-state index contributed by atoms with van der Waals surface area (Å²) in [5.74, 6) is 0.191. The van der Waals surface area contributed by atoms with Crippen molar-refractivity contribution in [2.24, 2.45) is 0 Å². The molecule has 1 N–H and O–H groups in total. The second-order valence-corrected chi connectivity index (χ2v) is 3.35. The van der Waals surface area contributed by atoms with Crippen molar-refractivity contribution in [3.05, 3.63) is 30.1 Å². The molecule has 1 atom stereocenters. The van der Waals surface area contributed by atoms with Crippen LogP contribution in [0.2, 0.25) is 0 Å². The van der Waals surface area contributed by atoms with E-state index in [9.17, 15) is 4.79 Å². The maximum atomic E-state index is 11.1. The summed E-state index contributed by atoms with van der Waals surface area (Å²) in [5, 5.41) is 3.00. The molecule has 1 aromatic rings. The van der Waals surface area contributed by atoms with Crippen LogP contribution in [-0.4, -0.2) is 23.9 Å². The lowest BCUT2D eigenvalue weighted by atomic mass is 10.0. The molecule has 1 rings (SSSR count). The molecule has 0 saturated heterocycles. The van der Waals surface area contributed by atoms with E-state index in [1.165, 1.54) is 5.56 Å². The Morgan fingerprint density at radius 2 is 2.43 bits per heavy atom. The van der Waals surface area contributed by atoms with E-state index in [1.807, 2.05) is 25.4 Å². The fraction of sp³-hybridized carbons (Fsp3) is 0.455. The third kappa shape index (κ3) is 3.26. The van der Waals surface area contributed by atoms with E-state index in [1.54, 1.807) is 13.1 Å². The number of carbonyl (C=O) groups is 1. The molecule has 0 aliphatic carbocycles. The van der Waals surface area contributed by atoms with Gasteiger partial charge >= 0.3 is 0 Å². The van der Waals surface area contributed by atoms with E-state index < -0.39 is 0 Å². The number of pyridine rings is 1. The van der Waals surface area contributed by atoms with Crippen molar-refractivity contribution in [2.75, 3.05) is 7.05 Å². The highest BCUT2D eigenvalue weighted by atomic mass is 16.1. The first kappa shape index (κ1) is 10.9. The topological polar surface area (TPSA) is 42.0 Å². The number of nitrogens with one attached hydrogen (secondary N) is 1. The number of hydrogen-bond acceptors (Lipinski definition) is 3. The number of carbonyl (C=O) groups excluding carboxylic acids is 1. The van der Waals surface area contributed by atoms with Gasteiger partial charge in [-0.05, 0) is 38.4 Å². The van der Waals surface area contributed by atoms with Crippen LogP contribution >= 0.6 is 0 Å². The molecular weight excluding hydrogens is 176 g/mol. The molecule has 0 radical (unpaired) electrons. The lowest BCUT2D eigenvalue weighted by Crippen LogP contribution is -2.32. The third-order valence-corrected chi connectivity index (χ3v) is 2.28. The molecule has 3 nitrogen and oxygen atoms in total. The van der Waals surface area contributed by atoms with Crippen molar-refractivity contribution in [1.29, 1.82) is 0 Å². The lowest BCUT2D eigenvalue weighted by molar-refractivity contribution is -0.119. The minimum Gasteiger partial charge on any atom is -0.311 e. The number of hydrogen-bond donors (Lipinski definition) is 1. The molecule has 0 aliphatic rings. The number of ketones is 1. The van der Waals surface area contributed by atoms with E-state index in [-0.39, 0.29) is 11.8 Å². The molecule has 76 valence electrons. The zero-order valence-corrected chi connectivity index (χ0v) is 8.66. The minimum absolute atomic E-state index is 0.0322. The fourth-order valence-electron chi connectivity index (χ4n) is 1.41. The van der Waals surface area contributed by atoms with E-state index in [4.69, 9.17) is 0 Å². The predicted molar refractivity (Wildman–Crippen MR) is 56.1 cm³/mol. The van der Waals surface area contributed by atoms with E-state index >= 15 is 0 Å². The number of aromatic nitrogens is 1. The first-order chi connectivity index (χ1) is 6.74. The van der Waals surface area contributed by atoms with Crippen LogP contribution in [-0.2, 0) is 11.2 Å². The lowest BCUT2D eigenvalue weighted by Gasteiger charge is -2.11. The first-order valence-corrected chi connectivity index (χ1v) is 4.80. The second kappa shape index (κ2) is 5.50. The highest BCUT2D eigenvalue weighted by molar-refractivity contribution is 5.81. The largest absolute Gasteiger partial charge is 0.311 e. The second-order valence-electron chi connectivity index (χ2n) is 3.35. The van der Waals surface area contributed by atoms with Gasteiger partial charge < -0.3 is 5.32 Å². The summed E-state index contributed by atoms with van der Waals surface area (Å²) in [7, 11) is 1.81. The van der Waals surface area contributed by atoms with Gasteiger partial charge in [-0.2, -0.15) is 0 Å². The summed E-state index contributed by atoms with van der Waals surface area (Å²) >= 11 is 0. The van der Waals surface area contributed by atoms with Crippen molar-refractivity contribution in [3.8, 4) is 0 Å². The summed E-state index contributed by atoms with van der Waals surface area (Å²) in [5.41, 5.74) is 1.18. The molecule has 0 unspecified atom stereocenters. The van der Waals surface area contributed by atoms with Crippen molar-refractivity contribution < 1.29 is 4.79 Å². The standard InChI is InChI=1S/C11H16N2O/c1-9(14)11(12-2)6-5-10-4-3-7-13-8-10/h3-4,7-8,11-12H,5-6H2,1-2H3/t11-/m0/s1. The van der Waals surface area contributed by atoms with Crippen molar-refractivity contribution >= 4 is 5.78 Å². The maximum Gasteiger partial charge on any atom is 0.146 e. The quantitative estimate of drug-likeness (QED) is 0.762. The van der Waals surface area contributed by atoms with Gasteiger partial charge in [0.05, 0.1) is 6.04 Å². The van der Waals surface area contributed by atoms with Crippen molar-refractivity contribution in [3.63, 3.8) is 0 Å². The normalized spacial score (nSPS) is 12.4. The summed E-state index contributed by atoms with van der Waals surface area (Å²) < 4.78 is 0. The molecule has 0 fully saturated rings. The SMILES string of the molecule is CN[C@@H](CCc1cccnc1)C(C)=O. The van der Waals surface area contributed by atoms with Crippen molar-refractivity contribution in [1.82, 2.24) is 10.3 Å². The summed E-state index contributed by atoms with van der Waals surface area (Å²) in [6.07, 6.45) is 5.31. The summed E-state index contributed by atoms with van der Waals surface area (Å²) in [6.45, 7) is 1.62. The van der Waals surface area contributed by atoms with Crippen molar-refractivity contribution in [2.45, 2.75) is 25.8 Å². The van der Waals surface area contributed by atoms with Crippen LogP contribution in [0, 0.1) is 0 Å². The number of rotatable bonds is 5. The Morgan fingerprint density at radius 1 is 1.64 bits per heavy atom. The van der Waals surface area contributed by atoms with E-state index in [0.717, 1.165) is 12.8 Å². The Hall–Kier alpha value is -1.22. The van der Waals surface area contributed by atoms with Crippen LogP contribution in [0.1, 0.15) is 18.9 Å². The maximum absolute atomic E-state index is 11.1. The molecule has 3 heteroatoms. The van der Waals surface area contributed by atoms with Gasteiger partial charge in [-0.1, -0.05) is 6.07 Å². The van der Waals surface area contributed by atoms with Crippen LogP contribution in [0.25, 0.3) is 0 Å². The molecule has 0 aliphatic heterocycles. The molecule has 1 aromatic heterocycles. The zero-order valence-electron chi connectivity index (χ0n) is 8.66. The van der Waals surface area contributed by atoms with Crippen LogP contribution in [0.15, 0.2) is 24.5 Å². The monoisotopic (exact) mass is 192 g/mol. The molecule has 0 bridgehead atoms. The average Bonchev–Trinajstić information content (AvgIpc) is 2.20. The van der Waals surface area contributed by atoms with Crippen LogP contribution in [0.3, 0.4) is 0 Å². The van der Waals surface area contributed by atoms with Gasteiger partial charge in [0, 0.05) is 12.4 Å². The highest BCUT2D eigenvalue weighted by Gasteiger charge is 2.10. The first-order valence-electron chi connectivity index (χ1n) is 4.80. The third-order valence-electron chi connectivity index (χ3n) is 2.28. The fourth-order valence-corrected chi connectivity index (χ4v) is 1.41. The van der Waals surface area contributed by atoms with Gasteiger partial charge in [0.15, 0.2) is 0 Å². The molecular formula is C11H16N2O. The summed E-state index contributed by atoms with van der Waals surface area (Å²) in [6, 6.07) is 3.91. The number of aryl methyl sites for hydroxylation is 1. The Kier molecular flexibility index (Phi) is 4.26. The molecule has 14 heavy (non-hydrogen) atoms. The molecule has 0 saturated carbocycles.